The van der Waals surface area contributed by atoms with E-state index in [1.165, 1.54) is 38.5 Å². The second-order valence-corrected chi connectivity index (χ2v) is 9.18. The van der Waals surface area contributed by atoms with Crippen molar-refractivity contribution in [1.29, 1.82) is 0 Å². The van der Waals surface area contributed by atoms with Gasteiger partial charge in [-0.15, -0.1) is 0 Å². The van der Waals surface area contributed by atoms with Gasteiger partial charge in [0.05, 0.1) is 12.7 Å². The fraction of sp³-hybridized carbons (Fsp3) is 0.889. The molecule has 126 valence electrons. The van der Waals surface area contributed by atoms with E-state index in [1.807, 2.05) is 0 Å². The van der Waals surface area contributed by atoms with Crippen LogP contribution in [0.3, 0.4) is 0 Å². The third-order valence-electron chi connectivity index (χ3n) is 6.17. The molecule has 1 saturated heterocycles. The van der Waals surface area contributed by atoms with Gasteiger partial charge in [-0.1, -0.05) is 22.6 Å². The fourth-order valence-electron chi connectivity index (χ4n) is 4.75. The summed E-state index contributed by atoms with van der Waals surface area (Å²) in [5, 5.41) is 0. The van der Waals surface area contributed by atoms with Crippen molar-refractivity contribution in [3.05, 3.63) is 11.7 Å². The van der Waals surface area contributed by atoms with Crippen molar-refractivity contribution in [2.24, 2.45) is 17.8 Å². The predicted octanol–water partition coefficient (Wildman–Crippen LogP) is 6.12. The van der Waals surface area contributed by atoms with Crippen LogP contribution < -0.4 is 0 Å². The molecule has 0 aromatic carbocycles. The van der Waals surface area contributed by atoms with Gasteiger partial charge in [0.15, 0.2) is 0 Å². The van der Waals surface area contributed by atoms with E-state index in [4.69, 9.17) is 4.74 Å². The molecule has 0 N–H and O–H groups in total. The monoisotopic (exact) mass is 424 g/mol. The van der Waals surface area contributed by atoms with Crippen LogP contribution in [-0.4, -0.2) is 16.6 Å². The molecule has 3 fully saturated rings. The van der Waals surface area contributed by atoms with Crippen LogP contribution in [0.15, 0.2) is 11.7 Å². The Hall–Kier alpha value is 0.290. The van der Waals surface area contributed by atoms with Crippen LogP contribution in [0.1, 0.15) is 64.2 Å². The van der Waals surface area contributed by atoms with Crippen molar-refractivity contribution < 1.29 is 13.5 Å². The van der Waals surface area contributed by atoms with Crippen molar-refractivity contribution >= 4 is 22.6 Å². The highest BCUT2D eigenvalue weighted by molar-refractivity contribution is 14.1. The Morgan fingerprint density at radius 1 is 0.818 bits per heavy atom. The molecule has 4 heteroatoms. The molecule has 2 saturated carbocycles. The smallest absolute Gasteiger partial charge is 0.269 e. The zero-order valence-electron chi connectivity index (χ0n) is 13.2. The molecule has 22 heavy (non-hydrogen) atoms. The Morgan fingerprint density at radius 3 is 1.95 bits per heavy atom. The molecular formula is C18H27F2IO. The minimum absolute atomic E-state index is 0.425. The minimum Gasteiger partial charge on any atom is -0.377 e. The van der Waals surface area contributed by atoms with Crippen LogP contribution in [0.2, 0.25) is 0 Å². The molecule has 3 rings (SSSR count). The third-order valence-corrected chi connectivity index (χ3v) is 7.15. The van der Waals surface area contributed by atoms with Crippen molar-refractivity contribution in [1.82, 2.24) is 0 Å². The maximum atomic E-state index is 12.6. The van der Waals surface area contributed by atoms with Crippen molar-refractivity contribution in [2.75, 3.05) is 6.61 Å². The number of hydrogen-bond acceptors (Lipinski definition) is 1. The van der Waals surface area contributed by atoms with Crippen LogP contribution in [0.25, 0.3) is 0 Å². The quantitative estimate of drug-likeness (QED) is 0.384. The summed E-state index contributed by atoms with van der Waals surface area (Å²) in [6.45, 7) is 0.928. The van der Waals surface area contributed by atoms with Crippen LogP contribution in [0, 0.1) is 17.8 Å². The summed E-state index contributed by atoms with van der Waals surface area (Å²) in [7, 11) is 0. The van der Waals surface area contributed by atoms with Gasteiger partial charge in [0.25, 0.3) is 6.08 Å². The standard InChI is InChI=1S/C18H27F2IO/c19-18(20)15-7-3-13(4-8-15)12-1-5-14(6-2-12)17-10-9-16(21)11-22-17/h12-14,16-17H,1-11H2. The van der Waals surface area contributed by atoms with Gasteiger partial charge in [0.1, 0.15) is 0 Å². The molecule has 0 aromatic rings. The maximum absolute atomic E-state index is 12.6. The molecule has 0 radical (unpaired) electrons. The van der Waals surface area contributed by atoms with E-state index < -0.39 is 6.08 Å². The van der Waals surface area contributed by atoms with Gasteiger partial charge >= 0.3 is 0 Å². The molecule has 2 atom stereocenters. The van der Waals surface area contributed by atoms with E-state index in [0.717, 1.165) is 31.3 Å². The van der Waals surface area contributed by atoms with Gasteiger partial charge in [0.2, 0.25) is 0 Å². The lowest BCUT2D eigenvalue weighted by atomic mass is 9.69. The molecule has 1 heterocycles. The SMILES string of the molecule is FC(F)=C1CCC(C2CCC(C3CCC(I)CO3)CC2)CC1. The predicted molar refractivity (Wildman–Crippen MR) is 93.4 cm³/mol. The first-order chi connectivity index (χ1) is 10.6. The summed E-state index contributed by atoms with van der Waals surface area (Å²) in [6.07, 6.45) is 10.0. The zero-order valence-corrected chi connectivity index (χ0v) is 15.4. The Bertz CT molecular complexity index is 382. The lowest BCUT2D eigenvalue weighted by Gasteiger charge is -2.40. The summed E-state index contributed by atoms with van der Waals surface area (Å²) >= 11 is 2.49. The Morgan fingerprint density at radius 2 is 1.41 bits per heavy atom. The molecule has 0 amide bonds. The summed E-state index contributed by atoms with van der Waals surface area (Å²) in [6, 6.07) is 0. The van der Waals surface area contributed by atoms with Crippen molar-refractivity contribution in [3.63, 3.8) is 0 Å². The summed E-state index contributed by atoms with van der Waals surface area (Å²) in [5.41, 5.74) is 0.425. The highest BCUT2D eigenvalue weighted by Gasteiger charge is 2.34. The number of halogens is 3. The molecule has 2 aliphatic carbocycles. The zero-order chi connectivity index (χ0) is 15.5. The van der Waals surface area contributed by atoms with E-state index in [1.54, 1.807) is 0 Å². The first-order valence-corrected chi connectivity index (χ1v) is 10.2. The average molecular weight is 424 g/mol. The first kappa shape index (κ1) is 17.1. The molecule has 3 aliphatic rings. The number of allylic oxidation sites excluding steroid dienone is 1. The van der Waals surface area contributed by atoms with Gasteiger partial charge in [-0.3, -0.25) is 0 Å². The molecule has 2 unspecified atom stereocenters. The highest BCUT2D eigenvalue weighted by Crippen LogP contribution is 2.43. The molecule has 1 aliphatic heterocycles. The summed E-state index contributed by atoms with van der Waals surface area (Å²) in [4.78, 5) is 0. The Kier molecular flexibility index (Phi) is 6.16. The Balaban J connectivity index is 1.43. The number of alkyl halides is 1. The van der Waals surface area contributed by atoms with Crippen LogP contribution in [0.5, 0.6) is 0 Å². The van der Waals surface area contributed by atoms with Gasteiger partial charge in [-0.2, -0.15) is 8.78 Å². The maximum Gasteiger partial charge on any atom is 0.269 e. The van der Waals surface area contributed by atoms with Gasteiger partial charge in [-0.05, 0) is 87.5 Å². The normalized spacial score (nSPS) is 40.5. The summed E-state index contributed by atoms with van der Waals surface area (Å²) in [5.74, 6) is 2.22. The minimum atomic E-state index is -1.41. The van der Waals surface area contributed by atoms with Gasteiger partial charge < -0.3 is 4.74 Å². The van der Waals surface area contributed by atoms with E-state index >= 15 is 0 Å². The number of hydrogen-bond donors (Lipinski definition) is 0. The second-order valence-electron chi connectivity index (χ2n) is 7.42. The first-order valence-electron chi connectivity index (χ1n) is 8.92. The largest absolute Gasteiger partial charge is 0.377 e. The average Bonchev–Trinajstić information content (AvgIpc) is 2.56. The van der Waals surface area contributed by atoms with Gasteiger partial charge in [-0.25, -0.2) is 0 Å². The molecular weight excluding hydrogens is 397 g/mol. The van der Waals surface area contributed by atoms with Gasteiger partial charge in [0, 0.05) is 3.92 Å². The lowest BCUT2D eigenvalue weighted by Crippen LogP contribution is -2.35. The molecule has 1 nitrogen and oxygen atoms in total. The van der Waals surface area contributed by atoms with Crippen molar-refractivity contribution in [2.45, 2.75) is 74.2 Å². The molecule has 0 spiro atoms. The highest BCUT2D eigenvalue weighted by atomic mass is 127. The third kappa shape index (κ3) is 4.22. The summed E-state index contributed by atoms with van der Waals surface area (Å²) < 4.78 is 32.0. The fourth-order valence-corrected chi connectivity index (χ4v) is 5.32. The second kappa shape index (κ2) is 7.91. The lowest BCUT2D eigenvalue weighted by molar-refractivity contribution is -0.0324. The number of ether oxygens (including phenoxy) is 1. The Labute approximate surface area is 146 Å². The van der Waals surface area contributed by atoms with E-state index in [-0.39, 0.29) is 0 Å². The molecule has 0 bridgehead atoms. The van der Waals surface area contributed by atoms with E-state index in [2.05, 4.69) is 22.6 Å². The van der Waals surface area contributed by atoms with Crippen LogP contribution >= 0.6 is 22.6 Å². The van der Waals surface area contributed by atoms with Crippen LogP contribution in [0.4, 0.5) is 8.78 Å². The topological polar surface area (TPSA) is 9.23 Å². The van der Waals surface area contributed by atoms with Crippen LogP contribution in [-0.2, 0) is 4.74 Å². The van der Waals surface area contributed by atoms with E-state index in [9.17, 15) is 8.78 Å². The number of rotatable bonds is 2. The molecule has 0 aromatic heterocycles. The van der Waals surface area contributed by atoms with Crippen molar-refractivity contribution in [3.8, 4) is 0 Å². The van der Waals surface area contributed by atoms with E-state index in [0.29, 0.717) is 34.4 Å².